The molecule has 0 saturated heterocycles. The van der Waals surface area contributed by atoms with E-state index in [1.54, 1.807) is 17.1 Å². The predicted octanol–water partition coefficient (Wildman–Crippen LogP) is 3.55. The van der Waals surface area contributed by atoms with E-state index in [4.69, 9.17) is 0 Å². The Morgan fingerprint density at radius 1 is 1.21 bits per heavy atom. The van der Waals surface area contributed by atoms with Gasteiger partial charge >= 0.3 is 0 Å². The Balaban J connectivity index is 1.35. The van der Waals surface area contributed by atoms with Crippen LogP contribution in [0.25, 0.3) is 5.82 Å². The number of aromatic nitrogens is 5. The van der Waals surface area contributed by atoms with Crippen LogP contribution in [0.4, 0.5) is 0 Å². The number of aryl methyl sites for hydroxylation is 1. The van der Waals surface area contributed by atoms with Crippen molar-refractivity contribution in [3.05, 3.63) is 59.1 Å². The van der Waals surface area contributed by atoms with Crippen molar-refractivity contribution in [2.24, 2.45) is 0 Å². The summed E-state index contributed by atoms with van der Waals surface area (Å²) < 4.78 is 1.81. The van der Waals surface area contributed by atoms with E-state index in [0.717, 1.165) is 17.9 Å². The van der Waals surface area contributed by atoms with E-state index in [0.29, 0.717) is 24.7 Å². The molecule has 1 N–H and O–H groups in total. The molecule has 7 nitrogen and oxygen atoms in total. The number of carbonyl (C=O) groups excluding carboxylic acids is 1. The lowest BCUT2D eigenvalue weighted by Gasteiger charge is -2.28. The molecule has 0 atom stereocenters. The molecule has 2 aliphatic rings. The highest BCUT2D eigenvalue weighted by atomic mass is 16.2. The maximum atomic E-state index is 13.1. The average molecular weight is 390 g/mol. The van der Waals surface area contributed by atoms with E-state index < -0.39 is 0 Å². The first-order chi connectivity index (χ1) is 14.2. The first kappa shape index (κ1) is 18.1. The Bertz CT molecular complexity index is 1030. The van der Waals surface area contributed by atoms with Gasteiger partial charge in [-0.1, -0.05) is 25.3 Å². The van der Waals surface area contributed by atoms with Gasteiger partial charge < -0.3 is 4.90 Å². The highest BCUT2D eigenvalue weighted by Crippen LogP contribution is 2.35. The molecule has 3 aromatic rings. The molecule has 0 aromatic carbocycles. The third-order valence-corrected chi connectivity index (χ3v) is 6.18. The fourth-order valence-corrected chi connectivity index (χ4v) is 4.60. The Hall–Kier alpha value is -2.96. The second kappa shape index (κ2) is 7.46. The quantitative estimate of drug-likeness (QED) is 0.742. The number of nitrogens with one attached hydrogen (secondary N) is 1. The number of amides is 1. The van der Waals surface area contributed by atoms with Gasteiger partial charge in [0, 0.05) is 48.6 Å². The summed E-state index contributed by atoms with van der Waals surface area (Å²) in [5, 5.41) is 7.89. The number of H-pyrrole nitrogens is 1. The highest BCUT2D eigenvalue weighted by molar-refractivity contribution is 5.92. The van der Waals surface area contributed by atoms with Crippen LogP contribution in [0, 0.1) is 6.92 Å². The van der Waals surface area contributed by atoms with Crippen molar-refractivity contribution in [1.82, 2.24) is 29.6 Å². The molecule has 29 heavy (non-hydrogen) atoms. The normalized spacial score (nSPS) is 17.3. The summed E-state index contributed by atoms with van der Waals surface area (Å²) in [6.45, 7) is 3.26. The van der Waals surface area contributed by atoms with Gasteiger partial charge in [-0.3, -0.25) is 14.5 Å². The zero-order chi connectivity index (χ0) is 19.8. The lowest BCUT2D eigenvalue weighted by atomic mass is 9.84. The molecule has 7 heteroatoms. The van der Waals surface area contributed by atoms with Gasteiger partial charge in [-0.05, 0) is 31.9 Å². The van der Waals surface area contributed by atoms with Crippen LogP contribution < -0.4 is 0 Å². The molecule has 1 saturated carbocycles. The summed E-state index contributed by atoms with van der Waals surface area (Å²) in [6, 6.07) is 5.82. The van der Waals surface area contributed by atoms with E-state index >= 15 is 0 Å². The first-order valence-electron chi connectivity index (χ1n) is 10.5. The lowest BCUT2D eigenvalue weighted by molar-refractivity contribution is 0.0728. The number of imidazole rings is 1. The molecule has 4 heterocycles. The van der Waals surface area contributed by atoms with Crippen molar-refractivity contribution in [2.45, 2.75) is 57.9 Å². The molecule has 0 unspecified atom stereocenters. The van der Waals surface area contributed by atoms with Crippen molar-refractivity contribution in [3.63, 3.8) is 0 Å². The minimum atomic E-state index is -0.0298. The molecular formula is C22H26N6O. The first-order valence-corrected chi connectivity index (χ1v) is 10.5. The van der Waals surface area contributed by atoms with Crippen LogP contribution in [0.3, 0.4) is 0 Å². The van der Waals surface area contributed by atoms with Gasteiger partial charge in [-0.15, -0.1) is 0 Å². The largest absolute Gasteiger partial charge is 0.332 e. The van der Waals surface area contributed by atoms with Gasteiger partial charge in [0.15, 0.2) is 0 Å². The lowest BCUT2D eigenvalue weighted by Crippen LogP contribution is -2.36. The minimum Gasteiger partial charge on any atom is -0.332 e. The van der Waals surface area contributed by atoms with Gasteiger partial charge in [-0.25, -0.2) is 9.97 Å². The van der Waals surface area contributed by atoms with Crippen LogP contribution in [0.1, 0.15) is 71.2 Å². The maximum absolute atomic E-state index is 13.1. The summed E-state index contributed by atoms with van der Waals surface area (Å²) in [5.74, 6) is 1.27. The standard InChI is InChI=1S/C22H26N6O/c1-15-6-5-9-20(24-15)28-13-19(23-14-28)22(29)27-11-10-18-17(12-27)21(26-25-18)16-7-3-2-4-8-16/h5-6,9,13-14,16H,2-4,7-8,10-12H2,1H3,(H,25,26). The molecule has 3 aromatic heterocycles. The van der Waals surface area contributed by atoms with E-state index in [1.165, 1.54) is 49.1 Å². The second-order valence-corrected chi connectivity index (χ2v) is 8.18. The van der Waals surface area contributed by atoms with Gasteiger partial charge in [0.1, 0.15) is 17.8 Å². The summed E-state index contributed by atoms with van der Waals surface area (Å²) in [5.41, 5.74) is 5.01. The number of hydrogen-bond acceptors (Lipinski definition) is 4. The van der Waals surface area contributed by atoms with Gasteiger partial charge in [-0.2, -0.15) is 5.10 Å². The number of aromatic amines is 1. The van der Waals surface area contributed by atoms with Gasteiger partial charge in [0.05, 0.1) is 5.69 Å². The summed E-state index contributed by atoms with van der Waals surface area (Å²) in [6.07, 6.45) is 10.6. The van der Waals surface area contributed by atoms with Crippen molar-refractivity contribution >= 4 is 5.91 Å². The molecule has 1 amide bonds. The zero-order valence-corrected chi connectivity index (χ0v) is 16.8. The number of rotatable bonds is 3. The van der Waals surface area contributed by atoms with E-state index in [2.05, 4.69) is 20.2 Å². The molecule has 0 bridgehead atoms. The SMILES string of the molecule is Cc1cccc(-n2cnc(C(=O)N3CCc4[nH]nc(C5CCCCC5)c4C3)c2)n1. The highest BCUT2D eigenvalue weighted by Gasteiger charge is 2.30. The number of fused-ring (bicyclic) bond motifs is 1. The van der Waals surface area contributed by atoms with Crippen LogP contribution >= 0.6 is 0 Å². The number of pyridine rings is 1. The van der Waals surface area contributed by atoms with Crippen LogP contribution in [-0.4, -0.2) is 42.1 Å². The van der Waals surface area contributed by atoms with E-state index in [-0.39, 0.29) is 5.91 Å². The molecule has 1 aliphatic carbocycles. The molecule has 0 radical (unpaired) electrons. The van der Waals surface area contributed by atoms with Crippen LogP contribution in [-0.2, 0) is 13.0 Å². The molecule has 5 rings (SSSR count). The van der Waals surface area contributed by atoms with Crippen molar-refractivity contribution in [2.75, 3.05) is 6.54 Å². The Labute approximate surface area is 170 Å². The van der Waals surface area contributed by atoms with Gasteiger partial charge in [0.2, 0.25) is 0 Å². The molecule has 1 aliphatic heterocycles. The third-order valence-electron chi connectivity index (χ3n) is 6.18. The fraction of sp³-hybridized carbons (Fsp3) is 0.455. The number of carbonyl (C=O) groups is 1. The predicted molar refractivity (Wildman–Crippen MR) is 109 cm³/mol. The molecular weight excluding hydrogens is 364 g/mol. The summed E-state index contributed by atoms with van der Waals surface area (Å²) in [7, 11) is 0. The minimum absolute atomic E-state index is 0.0298. The monoisotopic (exact) mass is 390 g/mol. The number of nitrogens with zero attached hydrogens (tertiary/aromatic N) is 5. The number of hydrogen-bond donors (Lipinski definition) is 1. The average Bonchev–Trinajstić information content (AvgIpc) is 3.41. The molecule has 1 fully saturated rings. The van der Waals surface area contributed by atoms with Crippen LogP contribution in [0.15, 0.2) is 30.7 Å². The van der Waals surface area contributed by atoms with Gasteiger partial charge in [0.25, 0.3) is 5.91 Å². The third kappa shape index (κ3) is 3.45. The maximum Gasteiger partial charge on any atom is 0.274 e. The van der Waals surface area contributed by atoms with E-state index in [1.807, 2.05) is 30.0 Å². The smallest absolute Gasteiger partial charge is 0.274 e. The summed E-state index contributed by atoms with van der Waals surface area (Å²) in [4.78, 5) is 23.9. The van der Waals surface area contributed by atoms with Crippen molar-refractivity contribution in [3.8, 4) is 5.82 Å². The fourth-order valence-electron chi connectivity index (χ4n) is 4.60. The Kier molecular flexibility index (Phi) is 4.66. The van der Waals surface area contributed by atoms with Crippen molar-refractivity contribution in [1.29, 1.82) is 0 Å². The Morgan fingerprint density at radius 2 is 2.07 bits per heavy atom. The second-order valence-electron chi connectivity index (χ2n) is 8.18. The van der Waals surface area contributed by atoms with Crippen LogP contribution in [0.2, 0.25) is 0 Å². The van der Waals surface area contributed by atoms with E-state index in [9.17, 15) is 4.79 Å². The topological polar surface area (TPSA) is 79.7 Å². The van der Waals surface area contributed by atoms with Crippen molar-refractivity contribution < 1.29 is 4.79 Å². The Morgan fingerprint density at radius 3 is 2.90 bits per heavy atom. The van der Waals surface area contributed by atoms with Crippen LogP contribution in [0.5, 0.6) is 0 Å². The summed E-state index contributed by atoms with van der Waals surface area (Å²) >= 11 is 0. The zero-order valence-electron chi connectivity index (χ0n) is 16.8. The molecule has 0 spiro atoms. The molecule has 150 valence electrons.